The van der Waals surface area contributed by atoms with Crippen LogP contribution < -0.4 is 5.32 Å². The van der Waals surface area contributed by atoms with E-state index in [9.17, 15) is 4.79 Å². The van der Waals surface area contributed by atoms with Crippen LogP contribution in [0, 0.1) is 0 Å². The fourth-order valence-electron chi connectivity index (χ4n) is 2.18. The molecule has 110 valence electrons. The molecule has 0 saturated heterocycles. The normalized spacial score (nSPS) is 14.6. The molecule has 0 heterocycles. The maximum atomic E-state index is 12.0. The van der Waals surface area contributed by atoms with Crippen molar-refractivity contribution in [1.29, 1.82) is 0 Å². The number of nitrogens with one attached hydrogen (secondary N) is 1. The summed E-state index contributed by atoms with van der Waals surface area (Å²) in [5.41, 5.74) is 0.769. The molecule has 0 radical (unpaired) electrons. The molecule has 2 N–H and O–H groups in total. The number of anilines is 1. The summed E-state index contributed by atoms with van der Waals surface area (Å²) in [6.45, 7) is 1.51. The zero-order valence-electron chi connectivity index (χ0n) is 11.5. The quantitative estimate of drug-likeness (QED) is 0.725. The minimum absolute atomic E-state index is 0.00298. The first kappa shape index (κ1) is 15.3. The van der Waals surface area contributed by atoms with Crippen LogP contribution in [0.2, 0.25) is 5.02 Å². The van der Waals surface area contributed by atoms with Crippen LogP contribution >= 0.6 is 11.6 Å². The molecule has 0 bridgehead atoms. The van der Waals surface area contributed by atoms with Crippen LogP contribution in [0.15, 0.2) is 24.3 Å². The first-order valence-electron chi connectivity index (χ1n) is 7.09. The molecule has 20 heavy (non-hydrogen) atoms. The van der Waals surface area contributed by atoms with Crippen molar-refractivity contribution in [2.45, 2.75) is 31.7 Å². The van der Waals surface area contributed by atoms with E-state index >= 15 is 0 Å². The molecule has 1 aliphatic rings. The molecule has 1 fully saturated rings. The predicted octanol–water partition coefficient (Wildman–Crippen LogP) is 2.52. The number of aliphatic hydroxyl groups excluding tert-OH is 1. The number of amides is 1. The van der Waals surface area contributed by atoms with Gasteiger partial charge in [0.2, 0.25) is 5.91 Å². The molecule has 1 aromatic rings. The molecule has 0 unspecified atom stereocenters. The van der Waals surface area contributed by atoms with Crippen molar-refractivity contribution in [3.63, 3.8) is 0 Å². The largest absolute Gasteiger partial charge is 0.396 e. The number of rotatable bonds is 8. The lowest BCUT2D eigenvalue weighted by molar-refractivity contribution is -0.117. The molecule has 5 heteroatoms. The Morgan fingerprint density at radius 1 is 1.30 bits per heavy atom. The lowest BCUT2D eigenvalue weighted by Gasteiger charge is -2.21. The number of hydrogen-bond donors (Lipinski definition) is 2. The van der Waals surface area contributed by atoms with Gasteiger partial charge >= 0.3 is 0 Å². The van der Waals surface area contributed by atoms with Crippen LogP contribution in [0.25, 0.3) is 0 Å². The number of halogens is 1. The number of hydrogen-bond acceptors (Lipinski definition) is 3. The third kappa shape index (κ3) is 5.12. The first-order chi connectivity index (χ1) is 9.69. The summed E-state index contributed by atoms with van der Waals surface area (Å²) in [5, 5.41) is 12.4. The van der Waals surface area contributed by atoms with E-state index in [0.717, 1.165) is 25.1 Å². The van der Waals surface area contributed by atoms with Gasteiger partial charge in [-0.05, 0) is 56.5 Å². The third-order valence-corrected chi connectivity index (χ3v) is 3.64. The van der Waals surface area contributed by atoms with Gasteiger partial charge in [-0.2, -0.15) is 0 Å². The van der Waals surface area contributed by atoms with Crippen LogP contribution in [0.3, 0.4) is 0 Å². The minimum atomic E-state index is 0.00298. The zero-order chi connectivity index (χ0) is 14.4. The summed E-state index contributed by atoms with van der Waals surface area (Å²) in [6, 6.07) is 7.67. The molecular weight excluding hydrogens is 276 g/mol. The lowest BCUT2D eigenvalue weighted by Crippen LogP contribution is -2.35. The number of unbranched alkanes of at least 4 members (excludes halogenated alkanes) is 1. The molecule has 1 amide bonds. The highest BCUT2D eigenvalue weighted by molar-refractivity contribution is 6.30. The van der Waals surface area contributed by atoms with E-state index in [1.165, 1.54) is 12.8 Å². The number of carbonyl (C=O) groups excluding carboxylic acids is 1. The molecule has 4 nitrogen and oxygen atoms in total. The highest BCUT2D eigenvalue weighted by atomic mass is 35.5. The van der Waals surface area contributed by atoms with Gasteiger partial charge in [-0.1, -0.05) is 11.6 Å². The van der Waals surface area contributed by atoms with Crippen molar-refractivity contribution < 1.29 is 9.90 Å². The molecule has 0 spiro atoms. The van der Waals surface area contributed by atoms with Crippen molar-refractivity contribution in [3.05, 3.63) is 29.3 Å². The number of aliphatic hydroxyl groups is 1. The predicted molar refractivity (Wildman–Crippen MR) is 81.0 cm³/mol. The smallest absolute Gasteiger partial charge is 0.238 e. The standard InChI is InChI=1S/C15H21ClN2O2/c16-12-3-5-13(6-4-12)17-15(20)11-18(14-7-8-14)9-1-2-10-19/h3-6,14,19H,1-2,7-11H2,(H,17,20). The van der Waals surface area contributed by atoms with Crippen molar-refractivity contribution in [1.82, 2.24) is 4.90 Å². The summed E-state index contributed by atoms with van der Waals surface area (Å²) >= 11 is 5.81. The molecule has 1 aliphatic carbocycles. The van der Waals surface area contributed by atoms with Gasteiger partial charge in [-0.25, -0.2) is 0 Å². The van der Waals surface area contributed by atoms with E-state index in [2.05, 4.69) is 10.2 Å². The van der Waals surface area contributed by atoms with Gasteiger partial charge in [0.25, 0.3) is 0 Å². The van der Waals surface area contributed by atoms with E-state index in [4.69, 9.17) is 16.7 Å². The number of carbonyl (C=O) groups is 1. The average Bonchev–Trinajstić information content (AvgIpc) is 3.25. The average molecular weight is 297 g/mol. The van der Waals surface area contributed by atoms with E-state index in [-0.39, 0.29) is 12.5 Å². The summed E-state index contributed by atoms with van der Waals surface area (Å²) in [6.07, 6.45) is 4.07. The SMILES string of the molecule is O=C(CN(CCCCO)C1CC1)Nc1ccc(Cl)cc1. The van der Waals surface area contributed by atoms with Crippen molar-refractivity contribution >= 4 is 23.2 Å². The van der Waals surface area contributed by atoms with Gasteiger partial charge in [0.1, 0.15) is 0 Å². The maximum Gasteiger partial charge on any atom is 0.238 e. The summed E-state index contributed by atoms with van der Waals surface area (Å²) < 4.78 is 0. The van der Waals surface area contributed by atoms with E-state index in [0.29, 0.717) is 17.6 Å². The summed E-state index contributed by atoms with van der Waals surface area (Å²) in [5.74, 6) is 0.00298. The van der Waals surface area contributed by atoms with E-state index < -0.39 is 0 Å². The zero-order valence-corrected chi connectivity index (χ0v) is 12.3. The molecule has 0 atom stereocenters. The van der Waals surface area contributed by atoms with Crippen LogP contribution in [-0.4, -0.2) is 41.7 Å². The Balaban J connectivity index is 1.80. The van der Waals surface area contributed by atoms with Crippen molar-refractivity contribution in [3.8, 4) is 0 Å². The molecular formula is C15H21ClN2O2. The third-order valence-electron chi connectivity index (χ3n) is 3.39. The highest BCUT2D eigenvalue weighted by Gasteiger charge is 2.29. The van der Waals surface area contributed by atoms with Crippen LogP contribution in [0.4, 0.5) is 5.69 Å². The van der Waals surface area contributed by atoms with Crippen molar-refractivity contribution in [2.75, 3.05) is 25.0 Å². The van der Waals surface area contributed by atoms with E-state index in [1.54, 1.807) is 24.3 Å². The number of nitrogens with zero attached hydrogens (tertiary/aromatic N) is 1. The lowest BCUT2D eigenvalue weighted by atomic mass is 10.3. The van der Waals surface area contributed by atoms with Crippen LogP contribution in [0.1, 0.15) is 25.7 Å². The Bertz CT molecular complexity index is 432. The second-order valence-corrected chi connectivity index (χ2v) is 5.62. The Morgan fingerprint density at radius 3 is 2.60 bits per heavy atom. The fourth-order valence-corrected chi connectivity index (χ4v) is 2.30. The fraction of sp³-hybridized carbons (Fsp3) is 0.533. The number of benzene rings is 1. The van der Waals surface area contributed by atoms with E-state index in [1.807, 2.05) is 0 Å². The summed E-state index contributed by atoms with van der Waals surface area (Å²) in [4.78, 5) is 14.2. The first-order valence-corrected chi connectivity index (χ1v) is 7.47. The molecule has 1 aromatic carbocycles. The molecule has 2 rings (SSSR count). The highest BCUT2D eigenvalue weighted by Crippen LogP contribution is 2.27. The monoisotopic (exact) mass is 296 g/mol. The van der Waals surface area contributed by atoms with Crippen LogP contribution in [-0.2, 0) is 4.79 Å². The molecule has 1 saturated carbocycles. The second-order valence-electron chi connectivity index (χ2n) is 5.19. The topological polar surface area (TPSA) is 52.6 Å². The van der Waals surface area contributed by atoms with Gasteiger partial charge < -0.3 is 10.4 Å². The second kappa shape index (κ2) is 7.62. The minimum Gasteiger partial charge on any atom is -0.396 e. The van der Waals surface area contributed by atoms with Gasteiger partial charge in [-0.15, -0.1) is 0 Å². The van der Waals surface area contributed by atoms with Gasteiger partial charge in [-0.3, -0.25) is 9.69 Å². The van der Waals surface area contributed by atoms with Crippen LogP contribution in [0.5, 0.6) is 0 Å². The van der Waals surface area contributed by atoms with Gasteiger partial charge in [0.15, 0.2) is 0 Å². The summed E-state index contributed by atoms with van der Waals surface area (Å²) in [7, 11) is 0. The van der Waals surface area contributed by atoms with Gasteiger partial charge in [0, 0.05) is 23.4 Å². The Kier molecular flexibility index (Phi) is 5.83. The van der Waals surface area contributed by atoms with Crippen molar-refractivity contribution in [2.24, 2.45) is 0 Å². The Hall–Kier alpha value is -1.10. The molecule has 0 aliphatic heterocycles. The maximum absolute atomic E-state index is 12.0. The Morgan fingerprint density at radius 2 is 2.00 bits per heavy atom. The Labute approximate surface area is 124 Å². The van der Waals surface area contributed by atoms with Gasteiger partial charge in [0.05, 0.1) is 6.54 Å². The molecule has 0 aromatic heterocycles.